The van der Waals surface area contributed by atoms with Crippen molar-refractivity contribution < 1.29 is 18.0 Å². The van der Waals surface area contributed by atoms with Crippen molar-refractivity contribution in [2.24, 2.45) is 5.92 Å². The SMILES string of the molecule is Cc1cc(-c2cc(C)c3cnc(C(=O)NC(C4CC4)C(F)(F)F)n3n2)sn1. The zero-order chi connectivity index (χ0) is 19.3. The number of imidazole rings is 1. The van der Waals surface area contributed by atoms with Crippen LogP contribution in [0, 0.1) is 19.8 Å². The Morgan fingerprint density at radius 1 is 1.33 bits per heavy atom. The molecule has 0 saturated heterocycles. The molecule has 1 atom stereocenters. The number of carbonyl (C=O) groups is 1. The molecule has 0 radical (unpaired) electrons. The number of aromatic nitrogens is 4. The minimum Gasteiger partial charge on any atom is -0.337 e. The van der Waals surface area contributed by atoms with Gasteiger partial charge in [-0.05, 0) is 61.8 Å². The van der Waals surface area contributed by atoms with E-state index in [4.69, 9.17) is 0 Å². The third kappa shape index (κ3) is 3.41. The summed E-state index contributed by atoms with van der Waals surface area (Å²) in [5, 5.41) is 6.51. The van der Waals surface area contributed by atoms with Gasteiger partial charge in [0.05, 0.1) is 22.3 Å². The number of rotatable bonds is 4. The molecule has 1 amide bonds. The molecule has 0 bridgehead atoms. The van der Waals surface area contributed by atoms with Crippen molar-refractivity contribution in [1.82, 2.24) is 24.3 Å². The summed E-state index contributed by atoms with van der Waals surface area (Å²) in [5.41, 5.74) is 2.81. The van der Waals surface area contributed by atoms with Gasteiger partial charge >= 0.3 is 6.18 Å². The van der Waals surface area contributed by atoms with Crippen LogP contribution in [0.1, 0.15) is 34.7 Å². The largest absolute Gasteiger partial charge is 0.408 e. The maximum absolute atomic E-state index is 13.2. The van der Waals surface area contributed by atoms with Crippen molar-refractivity contribution >= 4 is 23.0 Å². The average molecular weight is 395 g/mol. The number of nitrogens with one attached hydrogen (secondary N) is 1. The Kier molecular flexibility index (Phi) is 4.17. The van der Waals surface area contributed by atoms with Gasteiger partial charge in [-0.2, -0.15) is 22.6 Å². The highest BCUT2D eigenvalue weighted by Crippen LogP contribution is 2.40. The molecule has 0 aliphatic heterocycles. The number of hydrogen-bond donors (Lipinski definition) is 1. The Bertz CT molecular complexity index is 1020. The molecule has 3 heterocycles. The van der Waals surface area contributed by atoms with Crippen molar-refractivity contribution in [3.63, 3.8) is 0 Å². The summed E-state index contributed by atoms with van der Waals surface area (Å²) >= 11 is 1.27. The topological polar surface area (TPSA) is 72.2 Å². The van der Waals surface area contributed by atoms with Crippen LogP contribution in [-0.2, 0) is 0 Å². The zero-order valence-electron chi connectivity index (χ0n) is 14.5. The molecule has 27 heavy (non-hydrogen) atoms. The Balaban J connectivity index is 1.71. The van der Waals surface area contributed by atoms with E-state index >= 15 is 0 Å². The smallest absolute Gasteiger partial charge is 0.337 e. The van der Waals surface area contributed by atoms with E-state index < -0.39 is 24.0 Å². The highest BCUT2D eigenvalue weighted by atomic mass is 32.1. The third-order valence-electron chi connectivity index (χ3n) is 4.52. The number of amides is 1. The third-order valence-corrected chi connectivity index (χ3v) is 5.42. The molecule has 4 rings (SSSR count). The predicted molar refractivity (Wildman–Crippen MR) is 93.6 cm³/mol. The first-order valence-electron chi connectivity index (χ1n) is 8.40. The highest BCUT2D eigenvalue weighted by Gasteiger charge is 2.50. The molecule has 3 aromatic rings. The first-order valence-corrected chi connectivity index (χ1v) is 9.18. The molecule has 1 N–H and O–H groups in total. The maximum Gasteiger partial charge on any atom is 0.408 e. The van der Waals surface area contributed by atoms with Crippen molar-refractivity contribution in [3.8, 4) is 10.6 Å². The van der Waals surface area contributed by atoms with Gasteiger partial charge in [-0.15, -0.1) is 0 Å². The molecule has 6 nitrogen and oxygen atoms in total. The Morgan fingerprint density at radius 2 is 2.07 bits per heavy atom. The summed E-state index contributed by atoms with van der Waals surface area (Å²) in [6.45, 7) is 3.69. The summed E-state index contributed by atoms with van der Waals surface area (Å²) in [7, 11) is 0. The molecular formula is C17H16F3N5OS. The van der Waals surface area contributed by atoms with Crippen LogP contribution >= 0.6 is 11.5 Å². The molecule has 3 aromatic heterocycles. The monoisotopic (exact) mass is 395 g/mol. The quantitative estimate of drug-likeness (QED) is 0.734. The number of nitrogens with zero attached hydrogens (tertiary/aromatic N) is 4. The van der Waals surface area contributed by atoms with Crippen LogP contribution in [0.3, 0.4) is 0 Å². The molecule has 142 valence electrons. The van der Waals surface area contributed by atoms with Gasteiger partial charge in [-0.25, -0.2) is 9.50 Å². The minimum atomic E-state index is -4.49. The van der Waals surface area contributed by atoms with Gasteiger partial charge in [-0.3, -0.25) is 4.79 Å². The summed E-state index contributed by atoms with van der Waals surface area (Å²) in [5.74, 6) is -1.61. The highest BCUT2D eigenvalue weighted by molar-refractivity contribution is 7.09. The molecule has 0 aromatic carbocycles. The van der Waals surface area contributed by atoms with Crippen molar-refractivity contribution in [2.45, 2.75) is 38.9 Å². The number of halogens is 3. The van der Waals surface area contributed by atoms with E-state index in [1.165, 1.54) is 22.2 Å². The summed E-state index contributed by atoms with van der Waals surface area (Å²) in [6, 6.07) is 1.85. The molecular weight excluding hydrogens is 379 g/mol. The molecule has 1 fully saturated rings. The minimum absolute atomic E-state index is 0.161. The van der Waals surface area contributed by atoms with Gasteiger partial charge in [-0.1, -0.05) is 0 Å². The van der Waals surface area contributed by atoms with Crippen molar-refractivity contribution in [2.75, 3.05) is 0 Å². The van der Waals surface area contributed by atoms with E-state index in [1.54, 1.807) is 0 Å². The number of aryl methyl sites for hydroxylation is 2. The predicted octanol–water partition coefficient (Wildman–Crippen LogP) is 3.54. The lowest BCUT2D eigenvalue weighted by molar-refractivity contribution is -0.158. The van der Waals surface area contributed by atoms with Crippen molar-refractivity contribution in [3.05, 3.63) is 35.4 Å². The Morgan fingerprint density at radius 3 is 2.67 bits per heavy atom. The molecule has 1 unspecified atom stereocenters. The molecule has 1 aliphatic carbocycles. The van der Waals surface area contributed by atoms with Crippen LogP contribution in [0.15, 0.2) is 18.3 Å². The number of hydrogen-bond acceptors (Lipinski definition) is 5. The fourth-order valence-electron chi connectivity index (χ4n) is 2.99. The van der Waals surface area contributed by atoms with Crippen LogP contribution in [-0.4, -0.2) is 37.1 Å². The van der Waals surface area contributed by atoms with E-state index in [0.29, 0.717) is 24.1 Å². The summed E-state index contributed by atoms with van der Waals surface area (Å²) in [4.78, 5) is 17.4. The molecule has 1 aliphatic rings. The fraction of sp³-hybridized carbons (Fsp3) is 0.412. The van der Waals surface area contributed by atoms with E-state index in [9.17, 15) is 18.0 Å². The van der Waals surface area contributed by atoms with E-state index in [0.717, 1.165) is 16.1 Å². The molecule has 0 spiro atoms. The second-order valence-electron chi connectivity index (χ2n) is 6.75. The van der Waals surface area contributed by atoms with Gasteiger partial charge in [0.15, 0.2) is 0 Å². The molecule has 1 saturated carbocycles. The van der Waals surface area contributed by atoms with Gasteiger partial charge in [0, 0.05) is 0 Å². The number of fused-ring (bicyclic) bond motifs is 1. The standard InChI is InChI=1S/C17H16F3N5OS/c1-8-5-11(13-6-9(2)24-27-13)23-25-12(8)7-21-15(25)16(26)22-14(10-3-4-10)17(18,19)20/h5-7,10,14H,3-4H2,1-2H3,(H,22,26). The number of carbonyl (C=O) groups excluding carboxylic acids is 1. The van der Waals surface area contributed by atoms with Crippen LogP contribution in [0.2, 0.25) is 0 Å². The fourth-order valence-corrected chi connectivity index (χ4v) is 3.70. The second kappa shape index (κ2) is 6.29. The van der Waals surface area contributed by atoms with Crippen LogP contribution in [0.25, 0.3) is 16.1 Å². The lowest BCUT2D eigenvalue weighted by atomic mass is 10.2. The summed E-state index contributed by atoms with van der Waals surface area (Å²) < 4.78 is 45.2. The van der Waals surface area contributed by atoms with Gasteiger partial charge < -0.3 is 5.32 Å². The van der Waals surface area contributed by atoms with E-state index in [1.807, 2.05) is 26.0 Å². The van der Waals surface area contributed by atoms with Gasteiger partial charge in [0.2, 0.25) is 5.82 Å². The second-order valence-corrected chi connectivity index (χ2v) is 7.56. The van der Waals surface area contributed by atoms with Crippen LogP contribution in [0.5, 0.6) is 0 Å². The van der Waals surface area contributed by atoms with Crippen LogP contribution < -0.4 is 5.32 Å². The van der Waals surface area contributed by atoms with Gasteiger partial charge in [0.1, 0.15) is 11.7 Å². The summed E-state index contributed by atoms with van der Waals surface area (Å²) in [6.07, 6.45) is -2.13. The number of alkyl halides is 3. The lowest BCUT2D eigenvalue weighted by Gasteiger charge is -2.20. The zero-order valence-corrected chi connectivity index (χ0v) is 15.4. The van der Waals surface area contributed by atoms with Gasteiger partial charge in [0.25, 0.3) is 5.91 Å². The first kappa shape index (κ1) is 17.9. The van der Waals surface area contributed by atoms with Crippen molar-refractivity contribution in [1.29, 1.82) is 0 Å². The Hall–Kier alpha value is -2.49. The maximum atomic E-state index is 13.2. The normalized spacial score (nSPS) is 15.9. The van der Waals surface area contributed by atoms with E-state index in [-0.39, 0.29) is 5.82 Å². The lowest BCUT2D eigenvalue weighted by Crippen LogP contribution is -2.47. The molecule has 10 heteroatoms. The average Bonchev–Trinajstić information content (AvgIpc) is 3.17. The van der Waals surface area contributed by atoms with Crippen LogP contribution in [0.4, 0.5) is 13.2 Å². The van der Waals surface area contributed by atoms with E-state index in [2.05, 4.69) is 19.8 Å². The first-order chi connectivity index (χ1) is 12.7. The Labute approximate surface area is 156 Å².